The van der Waals surface area contributed by atoms with Gasteiger partial charge in [-0.3, -0.25) is 4.79 Å². The number of rotatable bonds is 44. The summed E-state index contributed by atoms with van der Waals surface area (Å²) in [6.45, 7) is 2.73. The Hall–Kier alpha value is -2.31. The number of carbonyl (C=O) groups excluding carboxylic acids is 1. The predicted molar refractivity (Wildman–Crippen MR) is 286 cm³/mol. The maximum atomic E-state index is 13.2. The van der Waals surface area contributed by atoms with Crippen LogP contribution in [0.15, 0.2) is 60.8 Å². The standard InChI is InChI=1S/C58H103NO13/c1-3-5-7-9-11-13-15-17-19-21-22-23-24-26-27-29-31-33-35-37-39-41-47(62)46(59-50(63)42-40-38-36-34-32-30-28-25-20-18-16-14-12-10-8-6-4-2)45-69-57-55(68)53(66)56(49(44-61)71-57)72-58-54(67)52(65)51(64)48(43-60)70-58/h12,14,18,20,24,26,31,33,39,41,46-49,51-58,60-62,64-68H,3-11,13,15-17,19,21-23,25,27-30,32,34-38,40,42-45H2,1-2H3,(H,59,63)/b14-12-,20-18-,26-24+,33-31+,41-39+. The van der Waals surface area contributed by atoms with Gasteiger partial charge in [-0.25, -0.2) is 0 Å². The first kappa shape index (κ1) is 65.8. The Bertz CT molecular complexity index is 1440. The Morgan fingerprint density at radius 1 is 0.500 bits per heavy atom. The SMILES string of the molecule is CCCCC/C=C\C/C=C\CCCCCCCCCC(=O)NC(COC1OC(CO)C(OC2OC(CO)C(O)C(O)C2O)C(O)C1O)C(O)/C=C/CC/C=C/CC/C=C/CCCCCCCCCCCCC. The molecule has 1 amide bonds. The van der Waals surface area contributed by atoms with E-state index in [0.29, 0.717) is 12.8 Å². The first-order chi connectivity index (χ1) is 35.1. The van der Waals surface area contributed by atoms with E-state index in [2.05, 4.69) is 67.8 Å². The van der Waals surface area contributed by atoms with Crippen molar-refractivity contribution in [3.8, 4) is 0 Å². The van der Waals surface area contributed by atoms with Crippen molar-refractivity contribution in [2.75, 3.05) is 19.8 Å². The van der Waals surface area contributed by atoms with Crippen LogP contribution in [0.2, 0.25) is 0 Å². The van der Waals surface area contributed by atoms with E-state index in [1.807, 2.05) is 6.08 Å². The zero-order valence-corrected chi connectivity index (χ0v) is 44.7. The summed E-state index contributed by atoms with van der Waals surface area (Å²) in [5.74, 6) is -0.263. The van der Waals surface area contributed by atoms with Gasteiger partial charge in [0.05, 0.1) is 32.0 Å². The van der Waals surface area contributed by atoms with Gasteiger partial charge in [0.1, 0.15) is 48.8 Å². The van der Waals surface area contributed by atoms with Crippen LogP contribution in [-0.4, -0.2) is 140 Å². The molecule has 0 aromatic rings. The van der Waals surface area contributed by atoms with Gasteiger partial charge in [-0.2, -0.15) is 0 Å². The summed E-state index contributed by atoms with van der Waals surface area (Å²) < 4.78 is 22.7. The number of amides is 1. The fourth-order valence-electron chi connectivity index (χ4n) is 9.00. The highest BCUT2D eigenvalue weighted by Gasteiger charge is 2.51. The average Bonchev–Trinajstić information content (AvgIpc) is 3.38. The summed E-state index contributed by atoms with van der Waals surface area (Å²) >= 11 is 0. The largest absolute Gasteiger partial charge is 0.394 e. The van der Waals surface area contributed by atoms with E-state index in [1.165, 1.54) is 109 Å². The minimum atomic E-state index is -1.79. The molecule has 12 unspecified atom stereocenters. The molecule has 14 nitrogen and oxygen atoms in total. The van der Waals surface area contributed by atoms with E-state index in [-0.39, 0.29) is 18.9 Å². The van der Waals surface area contributed by atoms with Crippen molar-refractivity contribution in [3.63, 3.8) is 0 Å². The van der Waals surface area contributed by atoms with Gasteiger partial charge < -0.3 is 65.1 Å². The van der Waals surface area contributed by atoms with Gasteiger partial charge in [-0.05, 0) is 77.0 Å². The average molecular weight is 1020 g/mol. The lowest BCUT2D eigenvalue weighted by Gasteiger charge is -2.46. The first-order valence-electron chi connectivity index (χ1n) is 28.5. The Kier molecular flexibility index (Phi) is 40.1. The summed E-state index contributed by atoms with van der Waals surface area (Å²) in [5, 5.41) is 87.0. The molecule has 72 heavy (non-hydrogen) atoms. The Morgan fingerprint density at radius 2 is 0.931 bits per heavy atom. The van der Waals surface area contributed by atoms with E-state index in [0.717, 1.165) is 64.2 Å². The normalized spacial score (nSPS) is 26.0. The molecule has 0 aliphatic carbocycles. The van der Waals surface area contributed by atoms with Crippen LogP contribution in [-0.2, 0) is 23.7 Å². The van der Waals surface area contributed by atoms with Crippen LogP contribution in [0, 0.1) is 0 Å². The number of aliphatic hydroxyl groups excluding tert-OH is 8. The molecule has 9 N–H and O–H groups in total. The molecule has 0 aromatic carbocycles. The molecule has 2 heterocycles. The molecule has 418 valence electrons. The van der Waals surface area contributed by atoms with Crippen molar-refractivity contribution in [1.82, 2.24) is 5.32 Å². The second kappa shape index (κ2) is 43.9. The molecular formula is C58H103NO13. The number of nitrogens with one attached hydrogen (secondary N) is 1. The van der Waals surface area contributed by atoms with Crippen molar-refractivity contribution >= 4 is 5.91 Å². The highest BCUT2D eigenvalue weighted by molar-refractivity contribution is 5.76. The van der Waals surface area contributed by atoms with Gasteiger partial charge in [0, 0.05) is 6.42 Å². The van der Waals surface area contributed by atoms with Crippen LogP contribution in [0.5, 0.6) is 0 Å². The first-order valence-corrected chi connectivity index (χ1v) is 28.5. The van der Waals surface area contributed by atoms with Crippen molar-refractivity contribution < 1.29 is 64.6 Å². The molecule has 0 saturated carbocycles. The van der Waals surface area contributed by atoms with Gasteiger partial charge in [0.15, 0.2) is 12.6 Å². The van der Waals surface area contributed by atoms with Gasteiger partial charge in [-0.15, -0.1) is 0 Å². The van der Waals surface area contributed by atoms with E-state index in [9.17, 15) is 45.6 Å². The molecule has 2 fully saturated rings. The molecule has 0 radical (unpaired) electrons. The summed E-state index contributed by atoms with van der Waals surface area (Å²) in [4.78, 5) is 13.2. The third-order valence-corrected chi connectivity index (χ3v) is 13.7. The molecule has 0 spiro atoms. The number of carbonyl (C=O) groups is 1. The Balaban J connectivity index is 1.83. The lowest BCUT2D eigenvalue weighted by molar-refractivity contribution is -0.359. The van der Waals surface area contributed by atoms with E-state index >= 15 is 0 Å². The van der Waals surface area contributed by atoms with Gasteiger partial charge >= 0.3 is 0 Å². The van der Waals surface area contributed by atoms with E-state index in [4.69, 9.17) is 18.9 Å². The quantitative estimate of drug-likeness (QED) is 0.0205. The summed E-state index contributed by atoms with van der Waals surface area (Å²) in [7, 11) is 0. The van der Waals surface area contributed by atoms with Crippen LogP contribution >= 0.6 is 0 Å². The zero-order chi connectivity index (χ0) is 52.4. The van der Waals surface area contributed by atoms with E-state index in [1.54, 1.807) is 6.08 Å². The van der Waals surface area contributed by atoms with Crippen molar-refractivity contribution in [2.45, 2.75) is 280 Å². The smallest absolute Gasteiger partial charge is 0.220 e. The van der Waals surface area contributed by atoms with Crippen molar-refractivity contribution in [3.05, 3.63) is 60.8 Å². The maximum absolute atomic E-state index is 13.2. The van der Waals surface area contributed by atoms with Crippen LogP contribution < -0.4 is 5.32 Å². The lowest BCUT2D eigenvalue weighted by Crippen LogP contribution is -2.65. The number of unbranched alkanes of at least 4 members (excludes halogenated alkanes) is 23. The summed E-state index contributed by atoms with van der Waals surface area (Å²) in [6.07, 6.45) is 38.3. The fourth-order valence-corrected chi connectivity index (χ4v) is 9.00. The predicted octanol–water partition coefficient (Wildman–Crippen LogP) is 9.00. The van der Waals surface area contributed by atoms with Gasteiger partial charge in [0.2, 0.25) is 5.91 Å². The number of ether oxygens (including phenoxy) is 4. The number of aliphatic hydroxyl groups is 8. The van der Waals surface area contributed by atoms with Crippen molar-refractivity contribution in [1.29, 1.82) is 0 Å². The highest BCUT2D eigenvalue weighted by Crippen LogP contribution is 2.30. The second-order valence-corrected chi connectivity index (χ2v) is 20.0. The van der Waals surface area contributed by atoms with E-state index < -0.39 is 86.8 Å². The van der Waals surface area contributed by atoms with Crippen LogP contribution in [0.25, 0.3) is 0 Å². The monoisotopic (exact) mass is 1020 g/mol. The third-order valence-electron chi connectivity index (χ3n) is 13.7. The lowest BCUT2D eigenvalue weighted by atomic mass is 9.97. The fraction of sp³-hybridized carbons (Fsp3) is 0.810. The molecule has 14 heteroatoms. The minimum Gasteiger partial charge on any atom is -0.394 e. The van der Waals surface area contributed by atoms with Crippen LogP contribution in [0.4, 0.5) is 0 Å². The molecule has 0 aromatic heterocycles. The molecule has 12 atom stereocenters. The Labute approximate surface area is 435 Å². The minimum absolute atomic E-state index is 0.259. The van der Waals surface area contributed by atoms with Gasteiger partial charge in [-0.1, -0.05) is 184 Å². The Morgan fingerprint density at radius 3 is 1.47 bits per heavy atom. The second-order valence-electron chi connectivity index (χ2n) is 20.0. The molecular weight excluding hydrogens is 919 g/mol. The highest BCUT2D eigenvalue weighted by atomic mass is 16.7. The number of hydrogen-bond donors (Lipinski definition) is 9. The molecule has 2 saturated heterocycles. The van der Waals surface area contributed by atoms with Crippen LogP contribution in [0.1, 0.15) is 206 Å². The third kappa shape index (κ3) is 29.7. The topological polar surface area (TPSA) is 228 Å². The molecule has 2 aliphatic heterocycles. The number of allylic oxidation sites excluding steroid dienone is 9. The number of hydrogen-bond acceptors (Lipinski definition) is 13. The molecule has 0 bridgehead atoms. The maximum Gasteiger partial charge on any atom is 0.220 e. The van der Waals surface area contributed by atoms with Crippen LogP contribution in [0.3, 0.4) is 0 Å². The van der Waals surface area contributed by atoms with Crippen molar-refractivity contribution in [2.24, 2.45) is 0 Å². The summed E-state index contributed by atoms with van der Waals surface area (Å²) in [5.41, 5.74) is 0. The summed E-state index contributed by atoms with van der Waals surface area (Å²) in [6, 6.07) is -0.944. The molecule has 2 aliphatic rings. The molecule has 2 rings (SSSR count). The zero-order valence-electron chi connectivity index (χ0n) is 44.7. The van der Waals surface area contributed by atoms with Gasteiger partial charge in [0.25, 0.3) is 0 Å².